The van der Waals surface area contributed by atoms with Crippen molar-refractivity contribution >= 4 is 120 Å². The van der Waals surface area contributed by atoms with Crippen LogP contribution in [0.25, 0.3) is 0 Å². The van der Waals surface area contributed by atoms with Crippen molar-refractivity contribution < 1.29 is 97.3 Å². The second-order valence-electron chi connectivity index (χ2n) is 22.0. The van der Waals surface area contributed by atoms with E-state index in [0.717, 1.165) is 7.14 Å². The van der Waals surface area contributed by atoms with E-state index in [1.165, 1.54) is 41.5 Å². The van der Waals surface area contributed by atoms with Gasteiger partial charge in [0.25, 0.3) is 0 Å². The van der Waals surface area contributed by atoms with Gasteiger partial charge in [-0.05, 0) is 185 Å². The normalized spacial score (nSPS) is 24.3. The monoisotopic (exact) mass is 1430 g/mol. The van der Waals surface area contributed by atoms with Gasteiger partial charge in [-0.25, -0.2) is 9.59 Å². The summed E-state index contributed by atoms with van der Waals surface area (Å²) in [6.07, 6.45) is -2.70. The SMILES string of the molecule is CC(C)(OC(=O)C(C)(C)C(C)(C(=O)OC1CCOC1=O)C(C)(C(=O)OCCOC(=O)c1cc(I)cc(I)c1I)C(C)(C)C(=O)OC12CC3CC(C1)CC(C(=O)OCCC(F)(F)C(F)(F)S(=O)(=O)O)(C3)C2)c1ccccc1. The fraction of sp³-hybridized carbons (Fsp3) is 0.627. The molecule has 1 heterocycles. The lowest BCUT2D eigenvalue weighted by atomic mass is 9.45. The number of alkyl halides is 4. The summed E-state index contributed by atoms with van der Waals surface area (Å²) in [4.78, 5) is 102. The van der Waals surface area contributed by atoms with E-state index in [1.807, 2.05) is 51.2 Å². The number of hydrogen-bond donors (Lipinski definition) is 1. The molecule has 420 valence electrons. The third kappa shape index (κ3) is 11.3. The summed E-state index contributed by atoms with van der Waals surface area (Å²) < 4.78 is 130. The molecule has 1 aliphatic heterocycles. The molecule has 5 unspecified atom stereocenters. The van der Waals surface area contributed by atoms with Crippen molar-refractivity contribution in [1.29, 1.82) is 0 Å². The standard InChI is InChI=1S/C51H59F4I3O17S/c1-43(2,38(61)74-45(5,6)30-12-10-9-11-13-30)47(8,41(64)73-34-14-16-69-37(34)60)46(7,40(63)72-19-18-70-36(59)32-21-31(56)22-33(57)35(32)58)44(3,4)39(62)75-49-25-28-20-29(26-49)24-48(23-28,27-49)42(65)71-17-15-50(52,53)51(54,55)76(66,67)68/h9-13,21-22,28-29,34H,14-20,23-27H2,1-8H3,(H,66,67,68). The first-order valence-electron chi connectivity index (χ1n) is 24.1. The number of rotatable bonds is 21. The second kappa shape index (κ2) is 21.9. The molecule has 1 saturated heterocycles. The van der Waals surface area contributed by atoms with E-state index in [2.05, 4.69) is 22.6 Å². The number of ether oxygens (including phenoxy) is 7. The molecule has 2 aromatic rings. The van der Waals surface area contributed by atoms with Crippen molar-refractivity contribution in [2.24, 2.45) is 38.9 Å². The lowest BCUT2D eigenvalue weighted by Gasteiger charge is -2.61. The summed E-state index contributed by atoms with van der Waals surface area (Å²) in [7, 11) is -6.56. The quantitative estimate of drug-likeness (QED) is 0.0233. The van der Waals surface area contributed by atoms with Crippen molar-refractivity contribution in [3.05, 3.63) is 64.3 Å². The molecule has 0 radical (unpaired) electrons. The average molecular weight is 1430 g/mol. The van der Waals surface area contributed by atoms with Crippen LogP contribution in [0.2, 0.25) is 0 Å². The number of benzene rings is 2. The molecular weight excluding hydrogens is 1370 g/mol. The highest BCUT2D eigenvalue weighted by Crippen LogP contribution is 2.66. The summed E-state index contributed by atoms with van der Waals surface area (Å²) >= 11 is 6.10. The first-order valence-corrected chi connectivity index (χ1v) is 28.8. The largest absolute Gasteiger partial charge is 0.465 e. The summed E-state index contributed by atoms with van der Waals surface area (Å²) in [6, 6.07) is 12.1. The van der Waals surface area contributed by atoms with Gasteiger partial charge in [-0.3, -0.25) is 28.5 Å². The predicted molar refractivity (Wildman–Crippen MR) is 284 cm³/mol. The van der Waals surface area contributed by atoms with Gasteiger partial charge in [0, 0.05) is 23.6 Å². The fourth-order valence-electron chi connectivity index (χ4n) is 11.5. The Morgan fingerprint density at radius 2 is 1.32 bits per heavy atom. The Morgan fingerprint density at radius 1 is 0.750 bits per heavy atom. The van der Waals surface area contributed by atoms with Crippen LogP contribution in [0.15, 0.2) is 42.5 Å². The summed E-state index contributed by atoms with van der Waals surface area (Å²) in [5.74, 6) is -13.6. The van der Waals surface area contributed by atoms with E-state index in [4.69, 9.17) is 37.7 Å². The van der Waals surface area contributed by atoms with Crippen LogP contribution >= 0.6 is 67.8 Å². The lowest BCUT2D eigenvalue weighted by Crippen LogP contribution is -2.68. The zero-order valence-corrected chi connectivity index (χ0v) is 50.1. The van der Waals surface area contributed by atoms with Gasteiger partial charge in [0.05, 0.1) is 52.3 Å². The fourth-order valence-corrected chi connectivity index (χ4v) is 14.3. The minimum atomic E-state index is -6.56. The number of carbonyl (C=O) groups excluding carboxylic acids is 7. The molecule has 0 aromatic heterocycles. The molecule has 17 nitrogen and oxygen atoms in total. The van der Waals surface area contributed by atoms with Crippen molar-refractivity contribution in [1.82, 2.24) is 0 Å². The summed E-state index contributed by atoms with van der Waals surface area (Å²) in [6.45, 7) is 8.08. The van der Waals surface area contributed by atoms with Crippen LogP contribution in [-0.4, -0.2) is 104 Å². The van der Waals surface area contributed by atoms with Crippen molar-refractivity contribution in [3.8, 4) is 0 Å². The van der Waals surface area contributed by atoms with E-state index < -0.39 is 134 Å². The molecule has 1 N–H and O–H groups in total. The molecule has 76 heavy (non-hydrogen) atoms. The van der Waals surface area contributed by atoms with Gasteiger partial charge in [-0.15, -0.1) is 0 Å². The van der Waals surface area contributed by atoms with Crippen LogP contribution in [0.1, 0.15) is 123 Å². The van der Waals surface area contributed by atoms with Crippen LogP contribution in [0, 0.1) is 49.6 Å². The van der Waals surface area contributed by atoms with Gasteiger partial charge in [-0.1, -0.05) is 30.3 Å². The molecule has 25 heteroatoms. The van der Waals surface area contributed by atoms with Gasteiger partial charge >= 0.3 is 63.1 Å². The number of hydrogen-bond acceptors (Lipinski definition) is 16. The summed E-state index contributed by atoms with van der Waals surface area (Å²) in [5, 5.41) is -5.89. The van der Waals surface area contributed by atoms with Crippen LogP contribution in [0.5, 0.6) is 0 Å². The zero-order valence-electron chi connectivity index (χ0n) is 42.8. The Bertz CT molecular complexity index is 2760. The van der Waals surface area contributed by atoms with Crippen molar-refractivity contribution in [3.63, 3.8) is 0 Å². The Kier molecular flexibility index (Phi) is 17.8. The number of cyclic esters (lactones) is 1. The molecule has 7 rings (SSSR count). The Balaban J connectivity index is 1.38. The van der Waals surface area contributed by atoms with Crippen molar-refractivity contribution in [2.45, 2.75) is 135 Å². The molecule has 2 aromatic carbocycles. The Hall–Kier alpha value is -3.45. The maximum atomic E-state index is 15.5. The Morgan fingerprint density at radius 3 is 1.88 bits per heavy atom. The number of carbonyl (C=O) groups is 7. The van der Waals surface area contributed by atoms with E-state index >= 15 is 19.2 Å². The molecule has 5 fully saturated rings. The van der Waals surface area contributed by atoms with Gasteiger partial charge in [0.2, 0.25) is 6.10 Å². The van der Waals surface area contributed by atoms with Crippen LogP contribution in [0.4, 0.5) is 17.6 Å². The molecule has 5 aliphatic rings. The molecule has 4 aliphatic carbocycles. The highest BCUT2D eigenvalue weighted by Gasteiger charge is 2.75. The van der Waals surface area contributed by atoms with Gasteiger partial charge in [0.1, 0.15) is 24.4 Å². The van der Waals surface area contributed by atoms with E-state index in [9.17, 15) is 40.4 Å². The van der Waals surface area contributed by atoms with Crippen molar-refractivity contribution in [2.75, 3.05) is 26.4 Å². The molecule has 0 spiro atoms. The van der Waals surface area contributed by atoms with Crippen LogP contribution in [-0.2, 0) is 77.6 Å². The molecule has 0 amide bonds. The molecule has 4 saturated carbocycles. The molecule has 4 bridgehead atoms. The minimum absolute atomic E-state index is 0.0997. The van der Waals surface area contributed by atoms with Crippen LogP contribution in [0.3, 0.4) is 0 Å². The minimum Gasteiger partial charge on any atom is -0.465 e. The van der Waals surface area contributed by atoms with Gasteiger partial charge < -0.3 is 33.2 Å². The maximum Gasteiger partial charge on any atom is 0.431 e. The molecular formula is C51H59F4I3O17S. The Labute approximate surface area is 478 Å². The van der Waals surface area contributed by atoms with Gasteiger partial charge in [0.15, 0.2) is 0 Å². The third-order valence-corrected chi connectivity index (χ3v) is 20.8. The summed E-state index contributed by atoms with van der Waals surface area (Å²) in [5.41, 5.74) is -13.3. The zero-order chi connectivity index (χ0) is 57.0. The highest BCUT2D eigenvalue weighted by atomic mass is 127. The smallest absolute Gasteiger partial charge is 0.431 e. The van der Waals surface area contributed by atoms with Gasteiger partial charge in [-0.2, -0.15) is 26.0 Å². The first kappa shape index (κ1) is 61.8. The highest BCUT2D eigenvalue weighted by molar-refractivity contribution is 14.1. The first-order chi connectivity index (χ1) is 34.8. The average Bonchev–Trinajstić information content (AvgIpc) is 3.72. The second-order valence-corrected chi connectivity index (χ2v) is 27.0. The lowest BCUT2D eigenvalue weighted by molar-refractivity contribution is -0.236. The molecule has 5 atom stereocenters. The van der Waals surface area contributed by atoms with Crippen LogP contribution < -0.4 is 0 Å². The van der Waals surface area contributed by atoms with E-state index in [0.29, 0.717) is 15.6 Å². The topological polar surface area (TPSA) is 238 Å². The predicted octanol–water partition coefficient (Wildman–Crippen LogP) is 9.53. The number of esters is 7. The number of halogens is 7. The maximum absolute atomic E-state index is 15.5. The van der Waals surface area contributed by atoms with E-state index in [1.54, 1.807) is 50.2 Å². The third-order valence-electron chi connectivity index (χ3n) is 16.2. The van der Waals surface area contributed by atoms with E-state index in [-0.39, 0.29) is 62.5 Å².